The van der Waals surface area contributed by atoms with Crippen molar-refractivity contribution in [2.24, 2.45) is 0 Å². The highest BCUT2D eigenvalue weighted by molar-refractivity contribution is 5.51. The molecule has 15 heavy (non-hydrogen) atoms. The monoisotopic (exact) mass is 203 g/mol. The first-order valence-corrected chi connectivity index (χ1v) is 4.89. The Labute approximate surface area is 88.0 Å². The summed E-state index contributed by atoms with van der Waals surface area (Å²) < 4.78 is 0. The third-order valence-electron chi connectivity index (χ3n) is 2.04. The van der Waals surface area contributed by atoms with Crippen molar-refractivity contribution in [3.8, 4) is 0 Å². The molecule has 0 bridgehead atoms. The Morgan fingerprint density at radius 1 is 1.40 bits per heavy atom. The molecule has 0 spiro atoms. The zero-order valence-corrected chi connectivity index (χ0v) is 8.78. The lowest BCUT2D eigenvalue weighted by Gasteiger charge is -2.00. The second kappa shape index (κ2) is 4.08. The van der Waals surface area contributed by atoms with Crippen LogP contribution in [0.4, 0.5) is 11.6 Å². The van der Waals surface area contributed by atoms with Crippen molar-refractivity contribution in [2.45, 2.75) is 20.3 Å². The summed E-state index contributed by atoms with van der Waals surface area (Å²) in [5.74, 6) is 2.29. The zero-order chi connectivity index (χ0) is 10.7. The van der Waals surface area contributed by atoms with Gasteiger partial charge in [-0.2, -0.15) is 5.10 Å². The molecule has 0 atom stereocenters. The van der Waals surface area contributed by atoms with E-state index in [1.807, 2.05) is 19.1 Å². The molecule has 2 aromatic rings. The molecular weight excluding hydrogens is 190 g/mol. The molecule has 0 amide bonds. The molecule has 2 heterocycles. The van der Waals surface area contributed by atoms with Gasteiger partial charge in [-0.25, -0.2) is 9.97 Å². The van der Waals surface area contributed by atoms with Crippen LogP contribution in [0.15, 0.2) is 18.3 Å². The average Bonchev–Trinajstić information content (AvgIpc) is 2.65. The quantitative estimate of drug-likeness (QED) is 0.798. The highest BCUT2D eigenvalue weighted by Gasteiger charge is 2.00. The van der Waals surface area contributed by atoms with Crippen molar-refractivity contribution in [3.05, 3.63) is 29.8 Å². The van der Waals surface area contributed by atoms with Crippen LogP contribution in [-0.4, -0.2) is 20.2 Å². The molecule has 0 aliphatic heterocycles. The highest BCUT2D eigenvalue weighted by atomic mass is 15.2. The molecule has 0 fully saturated rings. The number of hydrogen-bond donors (Lipinski definition) is 2. The number of nitrogens with one attached hydrogen (secondary N) is 2. The third kappa shape index (κ3) is 2.31. The van der Waals surface area contributed by atoms with Gasteiger partial charge in [0.1, 0.15) is 11.6 Å². The Morgan fingerprint density at radius 2 is 2.27 bits per heavy atom. The van der Waals surface area contributed by atoms with E-state index in [0.29, 0.717) is 0 Å². The molecule has 2 rings (SSSR count). The van der Waals surface area contributed by atoms with Crippen LogP contribution in [0.2, 0.25) is 0 Å². The molecule has 0 saturated carbocycles. The lowest BCUT2D eigenvalue weighted by Crippen LogP contribution is -1.96. The van der Waals surface area contributed by atoms with Crippen molar-refractivity contribution in [1.29, 1.82) is 0 Å². The molecule has 0 aromatic carbocycles. The number of anilines is 2. The number of hydrogen-bond acceptors (Lipinski definition) is 4. The molecule has 0 radical (unpaired) electrons. The van der Waals surface area contributed by atoms with Gasteiger partial charge in [-0.05, 0) is 19.4 Å². The summed E-state index contributed by atoms with van der Waals surface area (Å²) in [6.07, 6.45) is 2.66. The van der Waals surface area contributed by atoms with Gasteiger partial charge < -0.3 is 5.32 Å². The van der Waals surface area contributed by atoms with Crippen molar-refractivity contribution in [1.82, 2.24) is 20.2 Å². The van der Waals surface area contributed by atoms with E-state index < -0.39 is 0 Å². The molecule has 0 aliphatic rings. The van der Waals surface area contributed by atoms with Gasteiger partial charge in [-0.15, -0.1) is 0 Å². The van der Waals surface area contributed by atoms with Gasteiger partial charge in [0, 0.05) is 18.0 Å². The summed E-state index contributed by atoms with van der Waals surface area (Å²) in [7, 11) is 0. The smallest absolute Gasteiger partial charge is 0.153 e. The Balaban J connectivity index is 2.14. The van der Waals surface area contributed by atoms with Crippen LogP contribution in [0, 0.1) is 6.92 Å². The highest BCUT2D eigenvalue weighted by Crippen LogP contribution is 2.12. The van der Waals surface area contributed by atoms with Gasteiger partial charge in [0.2, 0.25) is 0 Å². The third-order valence-corrected chi connectivity index (χ3v) is 2.04. The van der Waals surface area contributed by atoms with Gasteiger partial charge in [-0.1, -0.05) is 6.92 Å². The molecule has 2 aromatic heterocycles. The average molecular weight is 203 g/mol. The maximum absolute atomic E-state index is 4.23. The van der Waals surface area contributed by atoms with Crippen LogP contribution in [0.1, 0.15) is 18.4 Å². The summed E-state index contributed by atoms with van der Waals surface area (Å²) in [6, 6.07) is 3.78. The van der Waals surface area contributed by atoms with Gasteiger partial charge >= 0.3 is 0 Å². The minimum absolute atomic E-state index is 0.742. The summed E-state index contributed by atoms with van der Waals surface area (Å²) >= 11 is 0. The minimum atomic E-state index is 0.742. The van der Waals surface area contributed by atoms with E-state index in [1.54, 1.807) is 6.20 Å². The first kappa shape index (κ1) is 9.64. The van der Waals surface area contributed by atoms with E-state index >= 15 is 0 Å². The van der Waals surface area contributed by atoms with E-state index in [1.165, 1.54) is 0 Å². The number of aromatic nitrogens is 4. The van der Waals surface area contributed by atoms with Gasteiger partial charge in [0.05, 0.1) is 0 Å². The number of rotatable bonds is 3. The summed E-state index contributed by atoms with van der Waals surface area (Å²) in [6.45, 7) is 3.93. The second-order valence-electron chi connectivity index (χ2n) is 3.25. The lowest BCUT2D eigenvalue weighted by atomic mass is 10.3. The zero-order valence-electron chi connectivity index (χ0n) is 8.78. The molecule has 0 aliphatic carbocycles. The molecular formula is C10H13N5. The summed E-state index contributed by atoms with van der Waals surface area (Å²) in [4.78, 5) is 8.25. The predicted octanol–water partition coefficient (Wildman–Crippen LogP) is 1.81. The van der Waals surface area contributed by atoms with Crippen LogP contribution < -0.4 is 5.32 Å². The van der Waals surface area contributed by atoms with Crippen LogP contribution in [0.3, 0.4) is 0 Å². The van der Waals surface area contributed by atoms with E-state index in [-0.39, 0.29) is 0 Å². The van der Waals surface area contributed by atoms with Crippen LogP contribution in [0.5, 0.6) is 0 Å². The van der Waals surface area contributed by atoms with E-state index in [0.717, 1.165) is 29.6 Å². The standard InChI is InChI=1S/C10H13N5/c1-3-8-6-10(15-14-8)13-9-4-5-11-7(2)12-9/h4-6H,3H2,1-2H3,(H2,11,12,13,14,15). The van der Waals surface area contributed by atoms with Crippen molar-refractivity contribution >= 4 is 11.6 Å². The lowest BCUT2D eigenvalue weighted by molar-refractivity contribution is 0.974. The summed E-state index contributed by atoms with van der Waals surface area (Å²) in [5, 5.41) is 10.2. The fraction of sp³-hybridized carbons (Fsp3) is 0.300. The minimum Gasteiger partial charge on any atom is -0.323 e. The van der Waals surface area contributed by atoms with E-state index in [9.17, 15) is 0 Å². The normalized spacial score (nSPS) is 10.3. The second-order valence-corrected chi connectivity index (χ2v) is 3.25. The first-order chi connectivity index (χ1) is 7.28. The Hall–Kier alpha value is -1.91. The number of H-pyrrole nitrogens is 1. The number of aryl methyl sites for hydroxylation is 2. The molecule has 2 N–H and O–H groups in total. The number of nitrogens with zero attached hydrogens (tertiary/aromatic N) is 3. The van der Waals surface area contributed by atoms with Gasteiger partial charge in [0.15, 0.2) is 5.82 Å². The van der Waals surface area contributed by atoms with Gasteiger partial charge in [0.25, 0.3) is 0 Å². The molecule has 78 valence electrons. The Morgan fingerprint density at radius 3 is 2.93 bits per heavy atom. The molecule has 0 saturated heterocycles. The van der Waals surface area contributed by atoms with Crippen molar-refractivity contribution in [3.63, 3.8) is 0 Å². The van der Waals surface area contributed by atoms with Crippen LogP contribution in [-0.2, 0) is 6.42 Å². The van der Waals surface area contributed by atoms with E-state index in [2.05, 4.69) is 32.4 Å². The van der Waals surface area contributed by atoms with Crippen molar-refractivity contribution < 1.29 is 0 Å². The van der Waals surface area contributed by atoms with Crippen molar-refractivity contribution in [2.75, 3.05) is 5.32 Å². The SMILES string of the molecule is CCc1cc(Nc2ccnc(C)n2)n[nH]1. The summed E-state index contributed by atoms with van der Waals surface area (Å²) in [5.41, 5.74) is 1.10. The number of aromatic amines is 1. The fourth-order valence-electron chi connectivity index (χ4n) is 1.26. The maximum atomic E-state index is 4.23. The fourth-order valence-corrected chi connectivity index (χ4v) is 1.26. The van der Waals surface area contributed by atoms with Crippen LogP contribution in [0.25, 0.3) is 0 Å². The van der Waals surface area contributed by atoms with E-state index in [4.69, 9.17) is 0 Å². The topological polar surface area (TPSA) is 66.5 Å². The maximum Gasteiger partial charge on any atom is 0.153 e. The molecule has 5 nitrogen and oxygen atoms in total. The largest absolute Gasteiger partial charge is 0.323 e. The Bertz CT molecular complexity index is 449. The van der Waals surface area contributed by atoms with Crippen LogP contribution >= 0.6 is 0 Å². The Kier molecular flexibility index (Phi) is 2.62. The predicted molar refractivity (Wildman–Crippen MR) is 58.0 cm³/mol. The first-order valence-electron chi connectivity index (χ1n) is 4.89. The molecule has 0 unspecified atom stereocenters. The van der Waals surface area contributed by atoms with Gasteiger partial charge in [-0.3, -0.25) is 5.10 Å². The molecule has 5 heteroatoms.